The molecular formula is C20H30N2O3. The van der Waals surface area contributed by atoms with E-state index in [4.69, 9.17) is 9.47 Å². The van der Waals surface area contributed by atoms with Gasteiger partial charge in [0.1, 0.15) is 6.29 Å². The monoisotopic (exact) mass is 346 g/mol. The van der Waals surface area contributed by atoms with Crippen molar-refractivity contribution in [1.29, 1.82) is 0 Å². The minimum Gasteiger partial charge on any atom is -0.388 e. The molecule has 0 aromatic heterocycles. The Kier molecular flexibility index (Phi) is 6.45. The van der Waals surface area contributed by atoms with Gasteiger partial charge < -0.3 is 19.6 Å². The van der Waals surface area contributed by atoms with Crippen LogP contribution in [0.25, 0.3) is 0 Å². The van der Waals surface area contributed by atoms with E-state index in [2.05, 4.69) is 16.3 Å². The summed E-state index contributed by atoms with van der Waals surface area (Å²) in [6, 6.07) is 8.16. The minimum absolute atomic E-state index is 0.274. The third kappa shape index (κ3) is 4.40. The Labute approximate surface area is 150 Å². The lowest BCUT2D eigenvalue weighted by Gasteiger charge is -2.37. The summed E-state index contributed by atoms with van der Waals surface area (Å²) in [5, 5.41) is 3.23. The topological polar surface area (TPSA) is 50.8 Å². The van der Waals surface area contributed by atoms with Gasteiger partial charge in [-0.25, -0.2) is 0 Å². The second kappa shape index (κ2) is 8.79. The summed E-state index contributed by atoms with van der Waals surface area (Å²) in [4.78, 5) is 14.4. The van der Waals surface area contributed by atoms with E-state index in [0.29, 0.717) is 0 Å². The van der Waals surface area contributed by atoms with E-state index >= 15 is 0 Å². The summed E-state index contributed by atoms with van der Waals surface area (Å²) in [7, 11) is 1.91. The minimum atomic E-state index is -0.371. The Morgan fingerprint density at radius 3 is 2.68 bits per heavy atom. The molecule has 1 saturated carbocycles. The van der Waals surface area contributed by atoms with Gasteiger partial charge >= 0.3 is 0 Å². The van der Waals surface area contributed by atoms with Crippen LogP contribution in [0.1, 0.15) is 31.2 Å². The first-order valence-electron chi connectivity index (χ1n) is 9.43. The summed E-state index contributed by atoms with van der Waals surface area (Å²) in [6.45, 7) is 5.41. The molecule has 5 nitrogen and oxygen atoms in total. The Morgan fingerprint density at radius 2 is 2.00 bits per heavy atom. The molecule has 3 rings (SSSR count). The van der Waals surface area contributed by atoms with Crippen molar-refractivity contribution in [2.24, 2.45) is 0 Å². The molecule has 0 radical (unpaired) electrons. The van der Waals surface area contributed by atoms with Crippen LogP contribution in [0.3, 0.4) is 0 Å². The lowest BCUT2D eigenvalue weighted by molar-refractivity contribution is -0.115. The molecule has 0 amide bonds. The highest BCUT2D eigenvalue weighted by molar-refractivity contribution is 5.74. The van der Waals surface area contributed by atoms with Crippen molar-refractivity contribution in [1.82, 2.24) is 4.90 Å². The van der Waals surface area contributed by atoms with Crippen LogP contribution in [-0.2, 0) is 19.7 Å². The largest absolute Gasteiger partial charge is 0.388 e. The number of aldehydes is 1. The van der Waals surface area contributed by atoms with Crippen molar-refractivity contribution in [2.45, 2.75) is 37.2 Å². The molecule has 0 unspecified atom stereocenters. The number of carbonyl (C=O) groups excluding carboxylic acids is 1. The van der Waals surface area contributed by atoms with Gasteiger partial charge in [-0.2, -0.15) is 0 Å². The van der Waals surface area contributed by atoms with Gasteiger partial charge in [0.25, 0.3) is 0 Å². The fourth-order valence-corrected chi connectivity index (χ4v) is 4.03. The number of benzene rings is 1. The fraction of sp³-hybridized carbons (Fsp3) is 0.650. The van der Waals surface area contributed by atoms with Crippen LogP contribution in [0.2, 0.25) is 0 Å². The van der Waals surface area contributed by atoms with Crippen LogP contribution >= 0.6 is 0 Å². The number of rotatable bonds is 7. The van der Waals surface area contributed by atoms with E-state index < -0.39 is 0 Å². The van der Waals surface area contributed by atoms with Gasteiger partial charge in [-0.1, -0.05) is 18.2 Å². The van der Waals surface area contributed by atoms with Crippen LogP contribution < -0.4 is 5.32 Å². The van der Waals surface area contributed by atoms with Gasteiger partial charge in [0.15, 0.2) is 0 Å². The van der Waals surface area contributed by atoms with Crippen molar-refractivity contribution in [3.05, 3.63) is 29.8 Å². The van der Waals surface area contributed by atoms with Gasteiger partial charge in [0.2, 0.25) is 0 Å². The molecule has 1 aliphatic carbocycles. The second-order valence-electron chi connectivity index (χ2n) is 7.09. The Balaban J connectivity index is 1.51. The first-order valence-corrected chi connectivity index (χ1v) is 9.43. The maximum Gasteiger partial charge on any atom is 0.130 e. The number of carbonyl (C=O) groups is 1. The highest BCUT2D eigenvalue weighted by Gasteiger charge is 2.38. The zero-order valence-corrected chi connectivity index (χ0v) is 15.2. The third-order valence-corrected chi connectivity index (χ3v) is 5.65. The predicted molar refractivity (Wildman–Crippen MR) is 99.2 cm³/mol. The number of nitrogens with one attached hydrogen (secondary N) is 1. The molecule has 1 aromatic rings. The molecule has 25 heavy (non-hydrogen) atoms. The van der Waals surface area contributed by atoms with Gasteiger partial charge in [0, 0.05) is 32.4 Å². The summed E-state index contributed by atoms with van der Waals surface area (Å²) >= 11 is 0. The Morgan fingerprint density at radius 1 is 1.28 bits per heavy atom. The van der Waals surface area contributed by atoms with Crippen LogP contribution in [0.4, 0.5) is 5.69 Å². The molecule has 0 spiro atoms. The van der Waals surface area contributed by atoms with Crippen molar-refractivity contribution >= 4 is 12.0 Å². The number of nitrogens with zero attached hydrogens (tertiary/aromatic N) is 1. The van der Waals surface area contributed by atoms with Gasteiger partial charge in [-0.15, -0.1) is 0 Å². The van der Waals surface area contributed by atoms with Crippen molar-refractivity contribution < 1.29 is 14.3 Å². The first kappa shape index (κ1) is 18.4. The molecule has 1 heterocycles. The van der Waals surface area contributed by atoms with Crippen LogP contribution in [0.5, 0.6) is 0 Å². The summed E-state index contributed by atoms with van der Waals surface area (Å²) in [5.41, 5.74) is 1.81. The predicted octanol–water partition coefficient (Wildman–Crippen LogP) is 2.46. The standard InChI is InChI=1S/C20H30N2O3/c1-21-19-5-3-2-4-18(19)20(16-23)8-6-17(7-9-20)25-15-12-22-10-13-24-14-11-22/h2-5,16-17,21H,6-15H2,1H3. The molecule has 138 valence electrons. The average Bonchev–Trinajstić information content (AvgIpc) is 2.69. The van der Waals surface area contributed by atoms with Gasteiger partial charge in [0.05, 0.1) is 31.3 Å². The molecule has 1 aromatic carbocycles. The zero-order chi connectivity index (χ0) is 17.5. The third-order valence-electron chi connectivity index (χ3n) is 5.65. The SMILES string of the molecule is CNc1ccccc1C1(C=O)CCC(OCCN2CCOCC2)CC1. The van der Waals surface area contributed by atoms with Crippen LogP contribution in [0, 0.1) is 0 Å². The molecule has 5 heteroatoms. The molecule has 1 N–H and O–H groups in total. The van der Waals surface area contributed by atoms with E-state index in [-0.39, 0.29) is 11.5 Å². The first-order chi connectivity index (χ1) is 12.3. The maximum atomic E-state index is 12.0. The zero-order valence-electron chi connectivity index (χ0n) is 15.2. The highest BCUT2D eigenvalue weighted by Crippen LogP contribution is 2.41. The number of para-hydroxylation sites is 1. The number of hydrogen-bond acceptors (Lipinski definition) is 5. The molecule has 2 fully saturated rings. The summed E-state index contributed by atoms with van der Waals surface area (Å²) in [5.74, 6) is 0. The number of morpholine rings is 1. The molecule has 1 aliphatic heterocycles. The molecule has 0 atom stereocenters. The lowest BCUT2D eigenvalue weighted by Crippen LogP contribution is -2.40. The smallest absolute Gasteiger partial charge is 0.130 e. The number of ether oxygens (including phenoxy) is 2. The Bertz CT molecular complexity index is 550. The maximum absolute atomic E-state index is 12.0. The fourth-order valence-electron chi connectivity index (χ4n) is 4.03. The summed E-state index contributed by atoms with van der Waals surface area (Å²) < 4.78 is 11.5. The van der Waals surface area contributed by atoms with E-state index in [0.717, 1.165) is 82.7 Å². The molecule has 1 saturated heterocycles. The average molecular weight is 346 g/mol. The Hall–Kier alpha value is -1.43. The van der Waals surface area contributed by atoms with Gasteiger partial charge in [-0.3, -0.25) is 4.90 Å². The number of anilines is 1. The van der Waals surface area contributed by atoms with Crippen molar-refractivity contribution in [3.8, 4) is 0 Å². The number of hydrogen-bond donors (Lipinski definition) is 1. The van der Waals surface area contributed by atoms with E-state index in [1.165, 1.54) is 0 Å². The molecule has 2 aliphatic rings. The quantitative estimate of drug-likeness (QED) is 0.769. The van der Waals surface area contributed by atoms with Crippen molar-refractivity contribution in [3.63, 3.8) is 0 Å². The summed E-state index contributed by atoms with van der Waals surface area (Å²) in [6.07, 6.45) is 5.04. The van der Waals surface area contributed by atoms with E-state index in [1.807, 2.05) is 25.2 Å². The highest BCUT2D eigenvalue weighted by atomic mass is 16.5. The van der Waals surface area contributed by atoms with Crippen LogP contribution in [0.15, 0.2) is 24.3 Å². The van der Waals surface area contributed by atoms with Crippen molar-refractivity contribution in [2.75, 3.05) is 51.8 Å². The normalized spacial score (nSPS) is 27.8. The molecule has 0 bridgehead atoms. The lowest BCUT2D eigenvalue weighted by atomic mass is 9.69. The van der Waals surface area contributed by atoms with E-state index in [9.17, 15) is 4.79 Å². The van der Waals surface area contributed by atoms with Crippen LogP contribution in [-0.4, -0.2) is 63.8 Å². The second-order valence-corrected chi connectivity index (χ2v) is 7.09. The van der Waals surface area contributed by atoms with E-state index in [1.54, 1.807) is 0 Å². The molecular weight excluding hydrogens is 316 g/mol. The van der Waals surface area contributed by atoms with Gasteiger partial charge in [-0.05, 0) is 37.3 Å².